The van der Waals surface area contributed by atoms with Gasteiger partial charge < -0.3 is 9.16 Å². The van der Waals surface area contributed by atoms with Crippen molar-refractivity contribution in [3.63, 3.8) is 0 Å². The summed E-state index contributed by atoms with van der Waals surface area (Å²) in [5, 5.41) is 2.30. The van der Waals surface area contributed by atoms with Gasteiger partial charge in [0.1, 0.15) is 9.88 Å². The zero-order chi connectivity index (χ0) is 28.3. The molecule has 4 rings (SSSR count). The van der Waals surface area contributed by atoms with Crippen LogP contribution < -0.4 is 10.4 Å². The maximum atomic E-state index is 13.1. The van der Waals surface area contributed by atoms with Gasteiger partial charge in [0.05, 0.1) is 24.5 Å². The fourth-order valence-corrected chi connectivity index (χ4v) is 10.1. The molecule has 0 N–H and O–H groups in total. The van der Waals surface area contributed by atoms with Gasteiger partial charge in [0.2, 0.25) is 0 Å². The fraction of sp³-hybridized carbons (Fsp3) is 0.267. The summed E-state index contributed by atoms with van der Waals surface area (Å²) in [6.45, 7) is 8.40. The molecule has 0 atom stereocenters. The van der Waals surface area contributed by atoms with Crippen LogP contribution in [-0.4, -0.2) is 25.9 Å². The van der Waals surface area contributed by atoms with Gasteiger partial charge in [-0.3, -0.25) is 0 Å². The van der Waals surface area contributed by atoms with Crippen molar-refractivity contribution in [3.05, 3.63) is 101 Å². The van der Waals surface area contributed by atoms with Crippen LogP contribution in [0, 0.1) is 0 Å². The molecule has 0 bridgehead atoms. The van der Waals surface area contributed by atoms with Crippen LogP contribution in [0.3, 0.4) is 0 Å². The third-order valence-electron chi connectivity index (χ3n) is 6.46. The molecule has 0 saturated heterocycles. The first-order chi connectivity index (χ1) is 18.5. The van der Waals surface area contributed by atoms with Crippen molar-refractivity contribution in [2.75, 3.05) is 6.61 Å². The Labute approximate surface area is 231 Å². The first kappa shape index (κ1) is 28.7. The highest BCUT2D eigenvalue weighted by Crippen LogP contribution is 2.38. The Bertz CT molecular complexity index is 1360. The standard InChI is InChI=1S/C30H30F3NO3SSi/c1-5-36-28(35)26-25(34-27(38-26)21-16-18-22(19-17-21)30(31,32)33)20-37-39(29(2,3)4,23-12-8-6-9-13-23)24-14-10-7-11-15-24/h6-19H,5,20H2,1-4H3. The van der Waals surface area contributed by atoms with Crippen LogP contribution in [0.5, 0.6) is 0 Å². The molecule has 0 spiro atoms. The van der Waals surface area contributed by atoms with Crippen LogP contribution in [0.15, 0.2) is 84.9 Å². The monoisotopic (exact) mass is 569 g/mol. The number of thiazole rings is 1. The number of esters is 1. The van der Waals surface area contributed by atoms with Crippen molar-refractivity contribution in [1.29, 1.82) is 0 Å². The van der Waals surface area contributed by atoms with E-state index in [9.17, 15) is 18.0 Å². The molecule has 4 nitrogen and oxygen atoms in total. The highest BCUT2D eigenvalue weighted by atomic mass is 32.1. The molecule has 3 aromatic carbocycles. The molecule has 1 heterocycles. The van der Waals surface area contributed by atoms with Crippen molar-refractivity contribution in [1.82, 2.24) is 4.98 Å². The van der Waals surface area contributed by atoms with Crippen LogP contribution in [0.2, 0.25) is 5.04 Å². The van der Waals surface area contributed by atoms with Crippen LogP contribution >= 0.6 is 11.3 Å². The number of carbonyl (C=O) groups is 1. The molecular formula is C30H30F3NO3SSi. The number of halogens is 3. The van der Waals surface area contributed by atoms with E-state index in [1.165, 1.54) is 12.1 Å². The average molecular weight is 570 g/mol. The van der Waals surface area contributed by atoms with E-state index in [1.54, 1.807) is 6.92 Å². The molecule has 0 unspecified atom stereocenters. The highest BCUT2D eigenvalue weighted by Gasteiger charge is 2.50. The van der Waals surface area contributed by atoms with Gasteiger partial charge in [0.15, 0.2) is 0 Å². The van der Waals surface area contributed by atoms with E-state index in [4.69, 9.17) is 9.16 Å². The van der Waals surface area contributed by atoms with Crippen molar-refractivity contribution in [2.24, 2.45) is 0 Å². The molecule has 1 aromatic heterocycles. The summed E-state index contributed by atoms with van der Waals surface area (Å²) < 4.78 is 51.5. The van der Waals surface area contributed by atoms with Gasteiger partial charge in [0, 0.05) is 5.56 Å². The lowest BCUT2D eigenvalue weighted by Gasteiger charge is -2.42. The summed E-state index contributed by atoms with van der Waals surface area (Å²) >= 11 is 1.09. The summed E-state index contributed by atoms with van der Waals surface area (Å²) in [5.41, 5.74) is 0.139. The number of hydrogen-bond acceptors (Lipinski definition) is 5. The molecule has 0 fully saturated rings. The molecule has 4 aromatic rings. The number of rotatable bonds is 8. The van der Waals surface area contributed by atoms with Gasteiger partial charge in [-0.05, 0) is 34.5 Å². The molecule has 204 valence electrons. The van der Waals surface area contributed by atoms with E-state index >= 15 is 0 Å². The van der Waals surface area contributed by atoms with Gasteiger partial charge in [-0.15, -0.1) is 11.3 Å². The predicted octanol–water partition coefficient (Wildman–Crippen LogP) is 7.08. The van der Waals surface area contributed by atoms with Crippen molar-refractivity contribution in [2.45, 2.75) is 45.5 Å². The van der Waals surface area contributed by atoms with E-state index in [-0.39, 0.29) is 23.1 Å². The van der Waals surface area contributed by atoms with E-state index in [0.717, 1.165) is 33.8 Å². The number of ether oxygens (including phenoxy) is 1. The SMILES string of the molecule is CCOC(=O)c1sc(-c2ccc(C(F)(F)F)cc2)nc1CO[Si](c1ccccc1)(c1ccccc1)C(C)(C)C. The topological polar surface area (TPSA) is 48.4 Å². The Morgan fingerprint density at radius 2 is 1.41 bits per heavy atom. The average Bonchev–Trinajstić information content (AvgIpc) is 3.34. The smallest absolute Gasteiger partial charge is 0.416 e. The Morgan fingerprint density at radius 1 is 0.872 bits per heavy atom. The second-order valence-corrected chi connectivity index (χ2v) is 15.3. The highest BCUT2D eigenvalue weighted by molar-refractivity contribution is 7.17. The lowest BCUT2D eigenvalue weighted by atomic mass is 10.1. The lowest BCUT2D eigenvalue weighted by Crippen LogP contribution is -2.66. The Morgan fingerprint density at radius 3 is 1.87 bits per heavy atom. The quantitative estimate of drug-likeness (QED) is 0.168. The maximum absolute atomic E-state index is 13.1. The first-order valence-corrected chi connectivity index (χ1v) is 15.3. The van der Waals surface area contributed by atoms with E-state index in [1.807, 2.05) is 36.4 Å². The van der Waals surface area contributed by atoms with Crippen LogP contribution in [0.4, 0.5) is 13.2 Å². The first-order valence-electron chi connectivity index (χ1n) is 12.6. The fourth-order valence-electron chi connectivity index (χ4n) is 4.67. The minimum Gasteiger partial charge on any atom is -0.462 e. The Hall–Kier alpha value is -3.27. The van der Waals surface area contributed by atoms with E-state index in [2.05, 4.69) is 50.0 Å². The van der Waals surface area contributed by atoms with E-state index < -0.39 is 26.0 Å². The van der Waals surface area contributed by atoms with Crippen LogP contribution in [0.1, 0.15) is 48.6 Å². The molecule has 0 aliphatic heterocycles. The number of alkyl halides is 3. The third kappa shape index (κ3) is 6.00. The van der Waals surface area contributed by atoms with Crippen molar-refractivity contribution in [3.8, 4) is 10.6 Å². The van der Waals surface area contributed by atoms with E-state index in [0.29, 0.717) is 16.3 Å². The minimum absolute atomic E-state index is 0.0402. The molecule has 0 radical (unpaired) electrons. The Kier molecular flexibility index (Phi) is 8.44. The predicted molar refractivity (Wildman–Crippen MR) is 151 cm³/mol. The van der Waals surface area contributed by atoms with Gasteiger partial charge in [-0.1, -0.05) is 93.6 Å². The number of carbonyl (C=O) groups excluding carboxylic acids is 1. The number of nitrogens with zero attached hydrogens (tertiary/aromatic N) is 1. The van der Waals surface area contributed by atoms with Gasteiger partial charge in [-0.25, -0.2) is 9.78 Å². The molecule has 0 saturated carbocycles. The summed E-state index contributed by atoms with van der Waals surface area (Å²) in [5.74, 6) is -0.533. The zero-order valence-corrected chi connectivity index (χ0v) is 24.0. The van der Waals surface area contributed by atoms with Crippen molar-refractivity contribution >= 4 is 36.0 Å². The minimum atomic E-state index is -4.44. The summed E-state index contributed by atoms with van der Waals surface area (Å²) in [6, 6.07) is 24.9. The molecular weight excluding hydrogens is 539 g/mol. The molecule has 0 aliphatic carbocycles. The normalized spacial score (nSPS) is 12.4. The van der Waals surface area contributed by atoms with Gasteiger partial charge in [0.25, 0.3) is 8.32 Å². The molecule has 39 heavy (non-hydrogen) atoms. The Balaban J connectivity index is 1.79. The van der Waals surface area contributed by atoms with Gasteiger partial charge >= 0.3 is 12.1 Å². The zero-order valence-electron chi connectivity index (χ0n) is 22.2. The number of hydrogen-bond donors (Lipinski definition) is 0. The molecule has 0 aliphatic rings. The summed E-state index contributed by atoms with van der Waals surface area (Å²) in [7, 11) is -2.92. The van der Waals surface area contributed by atoms with Crippen LogP contribution in [0.25, 0.3) is 10.6 Å². The maximum Gasteiger partial charge on any atom is 0.416 e. The van der Waals surface area contributed by atoms with Crippen LogP contribution in [-0.2, 0) is 21.9 Å². The molecule has 9 heteroatoms. The number of aromatic nitrogens is 1. The second kappa shape index (κ2) is 11.5. The largest absolute Gasteiger partial charge is 0.462 e. The second-order valence-electron chi connectivity index (χ2n) is 10.0. The summed E-state index contributed by atoms with van der Waals surface area (Å²) in [4.78, 5) is 17.9. The molecule has 0 amide bonds. The van der Waals surface area contributed by atoms with Crippen molar-refractivity contribution < 1.29 is 27.1 Å². The van der Waals surface area contributed by atoms with Gasteiger partial charge in [-0.2, -0.15) is 13.2 Å². The summed E-state index contributed by atoms with van der Waals surface area (Å²) in [6.07, 6.45) is -4.44. The lowest BCUT2D eigenvalue weighted by molar-refractivity contribution is -0.137. The number of benzene rings is 3. The third-order valence-corrected chi connectivity index (χ3v) is 12.6.